The zero-order chi connectivity index (χ0) is 25.3. The van der Waals surface area contributed by atoms with E-state index in [2.05, 4.69) is 29.6 Å². The first-order valence-electron chi connectivity index (χ1n) is 13.0. The third kappa shape index (κ3) is 6.55. The highest BCUT2D eigenvalue weighted by Crippen LogP contribution is 2.30. The van der Waals surface area contributed by atoms with Gasteiger partial charge in [0.15, 0.2) is 0 Å². The maximum Gasteiger partial charge on any atom is 0.243 e. The van der Waals surface area contributed by atoms with Crippen LogP contribution < -0.4 is 5.32 Å². The van der Waals surface area contributed by atoms with Crippen LogP contribution in [0.1, 0.15) is 68.1 Å². The van der Waals surface area contributed by atoms with Gasteiger partial charge in [0.1, 0.15) is 6.04 Å². The Morgan fingerprint density at radius 2 is 1.44 bits per heavy atom. The van der Waals surface area contributed by atoms with E-state index in [0.717, 1.165) is 42.4 Å². The van der Waals surface area contributed by atoms with Crippen molar-refractivity contribution in [3.63, 3.8) is 0 Å². The molecule has 1 saturated carbocycles. The van der Waals surface area contributed by atoms with Gasteiger partial charge in [-0.1, -0.05) is 110 Å². The van der Waals surface area contributed by atoms with Gasteiger partial charge in [-0.2, -0.15) is 0 Å². The smallest absolute Gasteiger partial charge is 0.243 e. The lowest BCUT2D eigenvalue weighted by Gasteiger charge is -2.33. The maximum atomic E-state index is 14.1. The zero-order valence-electron chi connectivity index (χ0n) is 20.9. The van der Waals surface area contributed by atoms with E-state index in [1.807, 2.05) is 67.6 Å². The van der Waals surface area contributed by atoms with E-state index in [9.17, 15) is 9.59 Å². The van der Waals surface area contributed by atoms with Gasteiger partial charge in [0.25, 0.3) is 0 Å². The van der Waals surface area contributed by atoms with Crippen molar-refractivity contribution in [3.05, 3.63) is 107 Å². The van der Waals surface area contributed by atoms with Crippen LogP contribution in [0, 0.1) is 0 Å². The molecule has 0 aromatic heterocycles. The summed E-state index contributed by atoms with van der Waals surface area (Å²) < 4.78 is 0. The lowest BCUT2D eigenvalue weighted by Crippen LogP contribution is -2.51. The monoisotopic (exact) mass is 502 g/mol. The molecule has 1 N–H and O–H groups in total. The zero-order valence-corrected chi connectivity index (χ0v) is 21.7. The van der Waals surface area contributed by atoms with Crippen LogP contribution in [0.25, 0.3) is 0 Å². The van der Waals surface area contributed by atoms with E-state index in [-0.39, 0.29) is 30.2 Å². The molecule has 4 rings (SSSR count). The minimum Gasteiger partial charge on any atom is -0.352 e. The van der Waals surface area contributed by atoms with E-state index in [1.54, 1.807) is 4.90 Å². The maximum absolute atomic E-state index is 14.1. The van der Waals surface area contributed by atoms with Crippen molar-refractivity contribution in [2.45, 2.75) is 70.0 Å². The number of amides is 2. The van der Waals surface area contributed by atoms with Crippen molar-refractivity contribution in [2.75, 3.05) is 0 Å². The van der Waals surface area contributed by atoms with E-state index < -0.39 is 6.04 Å². The van der Waals surface area contributed by atoms with Crippen molar-refractivity contribution >= 4 is 23.4 Å². The van der Waals surface area contributed by atoms with E-state index in [0.29, 0.717) is 18.0 Å². The van der Waals surface area contributed by atoms with Crippen molar-refractivity contribution in [3.8, 4) is 0 Å². The van der Waals surface area contributed by atoms with Gasteiger partial charge in [0.05, 0.1) is 0 Å². The van der Waals surface area contributed by atoms with E-state index in [4.69, 9.17) is 11.6 Å². The molecule has 188 valence electrons. The van der Waals surface area contributed by atoms with Gasteiger partial charge in [-0.15, -0.1) is 0 Å². The fraction of sp³-hybridized carbons (Fsp3) is 0.355. The standard InChI is InChI=1S/C31H35ClN2O2/c1-2-29(31(36)33-26-18-10-11-19-26)34(22-25-17-9-12-20-28(25)32)30(35)21-27(23-13-5-3-6-14-23)24-15-7-4-8-16-24/h3-9,12-17,20,26-27,29H,2,10-11,18-19,21-22H2,1H3,(H,33,36). The highest BCUT2D eigenvalue weighted by Gasteiger charge is 2.32. The molecular formula is C31H35ClN2O2. The summed E-state index contributed by atoms with van der Waals surface area (Å²) in [4.78, 5) is 29.2. The summed E-state index contributed by atoms with van der Waals surface area (Å²) in [5, 5.41) is 3.82. The molecule has 1 fully saturated rings. The molecule has 36 heavy (non-hydrogen) atoms. The average molecular weight is 503 g/mol. The number of hydrogen-bond acceptors (Lipinski definition) is 2. The van der Waals surface area contributed by atoms with Gasteiger partial charge in [0.2, 0.25) is 11.8 Å². The lowest BCUT2D eigenvalue weighted by molar-refractivity contribution is -0.141. The van der Waals surface area contributed by atoms with Crippen molar-refractivity contribution in [1.82, 2.24) is 10.2 Å². The first kappa shape index (κ1) is 26.0. The number of nitrogens with one attached hydrogen (secondary N) is 1. The topological polar surface area (TPSA) is 49.4 Å². The second kappa shape index (κ2) is 12.7. The van der Waals surface area contributed by atoms with Crippen molar-refractivity contribution in [2.24, 2.45) is 0 Å². The fourth-order valence-electron chi connectivity index (χ4n) is 5.19. The molecule has 4 nitrogen and oxygen atoms in total. The number of benzene rings is 3. The highest BCUT2D eigenvalue weighted by atomic mass is 35.5. The highest BCUT2D eigenvalue weighted by molar-refractivity contribution is 6.31. The molecule has 1 unspecified atom stereocenters. The molecule has 0 bridgehead atoms. The summed E-state index contributed by atoms with van der Waals surface area (Å²) in [6.45, 7) is 2.27. The van der Waals surface area contributed by atoms with Crippen LogP contribution in [0.5, 0.6) is 0 Å². The van der Waals surface area contributed by atoms with Crippen LogP contribution in [0.15, 0.2) is 84.9 Å². The number of rotatable bonds is 10. The Morgan fingerprint density at radius 1 is 0.889 bits per heavy atom. The molecule has 1 aliphatic carbocycles. The minimum atomic E-state index is -0.554. The molecule has 0 heterocycles. The predicted octanol–water partition coefficient (Wildman–Crippen LogP) is 6.73. The van der Waals surface area contributed by atoms with Gasteiger partial charge < -0.3 is 10.2 Å². The summed E-state index contributed by atoms with van der Waals surface area (Å²) >= 11 is 6.50. The molecule has 0 radical (unpaired) electrons. The van der Waals surface area contributed by atoms with Gasteiger partial charge >= 0.3 is 0 Å². The summed E-state index contributed by atoms with van der Waals surface area (Å²) in [6.07, 6.45) is 5.09. The second-order valence-electron chi connectivity index (χ2n) is 9.61. The van der Waals surface area contributed by atoms with Crippen LogP contribution in [-0.4, -0.2) is 28.8 Å². The number of nitrogens with zero attached hydrogens (tertiary/aromatic N) is 1. The number of carbonyl (C=O) groups is 2. The molecule has 1 aliphatic rings. The molecule has 1 atom stereocenters. The normalized spacial score (nSPS) is 14.5. The predicted molar refractivity (Wildman–Crippen MR) is 146 cm³/mol. The third-order valence-electron chi connectivity index (χ3n) is 7.17. The van der Waals surface area contributed by atoms with Gasteiger partial charge in [-0.05, 0) is 42.0 Å². The summed E-state index contributed by atoms with van der Waals surface area (Å²) in [5.41, 5.74) is 3.01. The molecule has 2 amide bonds. The third-order valence-corrected chi connectivity index (χ3v) is 7.54. The molecule has 3 aromatic rings. The minimum absolute atomic E-state index is 0.0546. The first-order chi connectivity index (χ1) is 17.6. The molecular weight excluding hydrogens is 468 g/mol. The van der Waals surface area contributed by atoms with Crippen molar-refractivity contribution < 1.29 is 9.59 Å². The quantitative estimate of drug-likeness (QED) is 0.334. The number of hydrogen-bond donors (Lipinski definition) is 1. The van der Waals surface area contributed by atoms with Crippen LogP contribution >= 0.6 is 11.6 Å². The number of halogens is 1. The van der Waals surface area contributed by atoms with Crippen LogP contribution in [0.4, 0.5) is 0 Å². The molecule has 3 aromatic carbocycles. The fourth-order valence-corrected chi connectivity index (χ4v) is 5.38. The van der Waals surface area contributed by atoms with Crippen LogP contribution in [-0.2, 0) is 16.1 Å². The molecule has 0 spiro atoms. The summed E-state index contributed by atoms with van der Waals surface area (Å²) in [5.74, 6) is -0.231. The second-order valence-corrected chi connectivity index (χ2v) is 10.0. The largest absolute Gasteiger partial charge is 0.352 e. The van der Waals surface area contributed by atoms with Crippen LogP contribution in [0.3, 0.4) is 0 Å². The summed E-state index contributed by atoms with van der Waals surface area (Å²) in [6, 6.07) is 27.4. The van der Waals surface area contributed by atoms with Crippen molar-refractivity contribution in [1.29, 1.82) is 0 Å². The first-order valence-corrected chi connectivity index (χ1v) is 13.4. The lowest BCUT2D eigenvalue weighted by atomic mass is 9.88. The average Bonchev–Trinajstić information content (AvgIpc) is 3.42. The van der Waals surface area contributed by atoms with Gasteiger partial charge in [0, 0.05) is 29.9 Å². The van der Waals surface area contributed by atoms with E-state index >= 15 is 0 Å². The van der Waals surface area contributed by atoms with Crippen LogP contribution in [0.2, 0.25) is 5.02 Å². The van der Waals surface area contributed by atoms with E-state index in [1.165, 1.54) is 0 Å². The molecule has 0 saturated heterocycles. The Morgan fingerprint density at radius 3 is 2.00 bits per heavy atom. The Bertz CT molecular complexity index is 1090. The SMILES string of the molecule is CCC(C(=O)NC1CCCC1)N(Cc1ccccc1Cl)C(=O)CC(c1ccccc1)c1ccccc1. The Hall–Kier alpha value is -3.11. The molecule has 0 aliphatic heterocycles. The Balaban J connectivity index is 1.64. The van der Waals surface area contributed by atoms with Gasteiger partial charge in [-0.25, -0.2) is 0 Å². The van der Waals surface area contributed by atoms with Gasteiger partial charge in [-0.3, -0.25) is 9.59 Å². The number of carbonyl (C=O) groups excluding carboxylic acids is 2. The Labute approximate surface area is 219 Å². The molecule has 5 heteroatoms. The summed E-state index contributed by atoms with van der Waals surface area (Å²) in [7, 11) is 0. The Kier molecular flexibility index (Phi) is 9.18.